The van der Waals surface area contributed by atoms with Gasteiger partial charge in [0.2, 0.25) is 0 Å². The molecule has 4 nitrogen and oxygen atoms in total. The molecule has 0 saturated carbocycles. The second-order valence-electron chi connectivity index (χ2n) is 7.52. The van der Waals surface area contributed by atoms with Crippen LogP contribution < -0.4 is 5.32 Å². The molecular formula is C23H25ClN2O2. The van der Waals surface area contributed by atoms with Crippen LogP contribution in [-0.2, 0) is 0 Å². The summed E-state index contributed by atoms with van der Waals surface area (Å²) in [5.74, 6) is 0.769. The number of benzene rings is 2. The third kappa shape index (κ3) is 3.83. The van der Waals surface area contributed by atoms with E-state index in [9.17, 15) is 4.79 Å². The molecule has 1 heterocycles. The van der Waals surface area contributed by atoms with Crippen molar-refractivity contribution in [2.75, 3.05) is 5.32 Å². The topological polar surface area (TPSA) is 55.1 Å². The predicted molar refractivity (Wildman–Crippen MR) is 114 cm³/mol. The van der Waals surface area contributed by atoms with Crippen LogP contribution in [-0.4, -0.2) is 11.1 Å². The molecule has 2 aromatic carbocycles. The number of hydrogen-bond donors (Lipinski definition) is 1. The lowest BCUT2D eigenvalue weighted by Gasteiger charge is -2.20. The Morgan fingerprint density at radius 1 is 1.00 bits per heavy atom. The molecule has 0 atom stereocenters. The Balaban J connectivity index is 2.07. The van der Waals surface area contributed by atoms with Gasteiger partial charge in [-0.25, -0.2) is 0 Å². The molecule has 3 rings (SSSR count). The van der Waals surface area contributed by atoms with Crippen molar-refractivity contribution < 1.29 is 9.32 Å². The Morgan fingerprint density at radius 3 is 2.18 bits per heavy atom. The normalized spacial score (nSPS) is 11.3. The molecule has 1 N–H and O–H groups in total. The van der Waals surface area contributed by atoms with Crippen LogP contribution in [0.5, 0.6) is 0 Å². The molecule has 0 saturated heterocycles. The zero-order chi connectivity index (χ0) is 20.4. The molecule has 28 heavy (non-hydrogen) atoms. The highest BCUT2D eigenvalue weighted by molar-refractivity contribution is 6.33. The smallest absolute Gasteiger partial charge is 0.261 e. The maximum atomic E-state index is 13.3. The molecule has 0 spiro atoms. The maximum absolute atomic E-state index is 13.3. The zero-order valence-corrected chi connectivity index (χ0v) is 17.6. The molecule has 1 amide bonds. The first-order chi connectivity index (χ1) is 13.3. The lowest BCUT2D eigenvalue weighted by molar-refractivity contribution is 0.102. The fraction of sp³-hybridized carbons (Fsp3) is 0.304. The molecule has 146 valence electrons. The Labute approximate surface area is 170 Å². The van der Waals surface area contributed by atoms with Crippen LogP contribution in [0.1, 0.15) is 66.8 Å². The van der Waals surface area contributed by atoms with Crippen LogP contribution in [0.2, 0.25) is 5.02 Å². The number of aromatic nitrogens is 1. The number of para-hydroxylation sites is 1. The summed E-state index contributed by atoms with van der Waals surface area (Å²) in [6.07, 6.45) is 0. The molecule has 0 fully saturated rings. The van der Waals surface area contributed by atoms with Gasteiger partial charge >= 0.3 is 0 Å². The first-order valence-corrected chi connectivity index (χ1v) is 9.84. The summed E-state index contributed by atoms with van der Waals surface area (Å²) in [5, 5.41) is 7.76. The minimum absolute atomic E-state index is 0.247. The van der Waals surface area contributed by atoms with Crippen molar-refractivity contribution >= 4 is 23.2 Å². The van der Waals surface area contributed by atoms with Crippen LogP contribution in [0.3, 0.4) is 0 Å². The van der Waals surface area contributed by atoms with Gasteiger partial charge in [0, 0.05) is 11.3 Å². The highest BCUT2D eigenvalue weighted by Gasteiger charge is 2.25. The van der Waals surface area contributed by atoms with E-state index < -0.39 is 0 Å². The minimum atomic E-state index is -0.247. The predicted octanol–water partition coefficient (Wildman–Crippen LogP) is 6.80. The van der Waals surface area contributed by atoms with Gasteiger partial charge in [-0.2, -0.15) is 0 Å². The van der Waals surface area contributed by atoms with Crippen molar-refractivity contribution in [2.45, 2.75) is 46.5 Å². The van der Waals surface area contributed by atoms with Crippen molar-refractivity contribution in [1.82, 2.24) is 5.16 Å². The quantitative estimate of drug-likeness (QED) is 0.515. The van der Waals surface area contributed by atoms with Gasteiger partial charge in [-0.3, -0.25) is 4.79 Å². The lowest BCUT2D eigenvalue weighted by Crippen LogP contribution is -2.17. The molecule has 5 heteroatoms. The third-order valence-corrected chi connectivity index (χ3v) is 5.16. The summed E-state index contributed by atoms with van der Waals surface area (Å²) < 4.78 is 5.35. The van der Waals surface area contributed by atoms with Gasteiger partial charge < -0.3 is 9.84 Å². The number of carbonyl (C=O) groups is 1. The molecule has 1 aromatic heterocycles. The Kier molecular flexibility index (Phi) is 5.90. The van der Waals surface area contributed by atoms with Gasteiger partial charge in [0.25, 0.3) is 5.91 Å². The molecule has 0 aliphatic heterocycles. The van der Waals surface area contributed by atoms with Crippen molar-refractivity contribution in [1.29, 1.82) is 0 Å². The van der Waals surface area contributed by atoms with Gasteiger partial charge in [0.15, 0.2) is 0 Å². The second kappa shape index (κ2) is 8.19. The average Bonchev–Trinajstić information content (AvgIpc) is 3.03. The van der Waals surface area contributed by atoms with Crippen molar-refractivity contribution in [2.24, 2.45) is 0 Å². The van der Waals surface area contributed by atoms with Crippen LogP contribution in [0.4, 0.5) is 5.69 Å². The summed E-state index contributed by atoms with van der Waals surface area (Å²) in [6.45, 7) is 10.2. The number of carbonyl (C=O) groups excluding carboxylic acids is 1. The average molecular weight is 397 g/mol. The number of anilines is 1. The molecule has 0 aliphatic carbocycles. The summed E-state index contributed by atoms with van der Waals surface area (Å²) in [4.78, 5) is 13.3. The highest BCUT2D eigenvalue weighted by Crippen LogP contribution is 2.35. The molecule has 0 bridgehead atoms. The summed E-state index contributed by atoms with van der Waals surface area (Å²) in [6, 6.07) is 13.5. The standard InChI is InChI=1S/C23H25ClN2O2/c1-13(2)16-10-8-11-17(14(3)4)21(16)25-23(27)20-15(5)28-26-22(20)18-9-6-7-12-19(18)24/h6-14H,1-5H3,(H,25,27). The van der Waals surface area contributed by atoms with E-state index in [1.54, 1.807) is 13.0 Å². The van der Waals surface area contributed by atoms with Crippen molar-refractivity contribution in [3.8, 4) is 11.3 Å². The van der Waals surface area contributed by atoms with E-state index in [2.05, 4.69) is 50.3 Å². The number of rotatable bonds is 5. The molecule has 0 radical (unpaired) electrons. The zero-order valence-electron chi connectivity index (χ0n) is 16.8. The van der Waals surface area contributed by atoms with Crippen molar-refractivity contribution in [3.05, 3.63) is 69.9 Å². The van der Waals surface area contributed by atoms with E-state index in [0.717, 1.165) is 16.8 Å². The van der Waals surface area contributed by atoms with E-state index in [1.165, 1.54) is 0 Å². The van der Waals surface area contributed by atoms with Gasteiger partial charge in [-0.15, -0.1) is 0 Å². The number of nitrogens with zero attached hydrogens (tertiary/aromatic N) is 1. The largest absolute Gasteiger partial charge is 0.360 e. The number of halogens is 1. The molecular weight excluding hydrogens is 372 g/mol. The van der Waals surface area contributed by atoms with E-state index in [1.807, 2.05) is 24.3 Å². The highest BCUT2D eigenvalue weighted by atomic mass is 35.5. The van der Waals surface area contributed by atoms with E-state index >= 15 is 0 Å². The van der Waals surface area contributed by atoms with Gasteiger partial charge in [0.1, 0.15) is 17.0 Å². The monoisotopic (exact) mass is 396 g/mol. The summed E-state index contributed by atoms with van der Waals surface area (Å²) >= 11 is 6.33. The maximum Gasteiger partial charge on any atom is 0.261 e. The van der Waals surface area contributed by atoms with Gasteiger partial charge in [-0.05, 0) is 36.0 Å². The SMILES string of the molecule is Cc1onc(-c2ccccc2Cl)c1C(=O)Nc1c(C(C)C)cccc1C(C)C. The van der Waals surface area contributed by atoms with E-state index in [-0.39, 0.29) is 17.7 Å². The first-order valence-electron chi connectivity index (χ1n) is 9.46. The lowest BCUT2D eigenvalue weighted by atomic mass is 9.92. The number of aryl methyl sites for hydroxylation is 1. The van der Waals surface area contributed by atoms with Gasteiger partial charge in [0.05, 0.1) is 5.02 Å². The Morgan fingerprint density at radius 2 is 1.61 bits per heavy atom. The number of nitrogens with one attached hydrogen (secondary N) is 1. The first kappa shape index (κ1) is 20.2. The number of amides is 1. The van der Waals surface area contributed by atoms with Crippen LogP contribution >= 0.6 is 11.6 Å². The van der Waals surface area contributed by atoms with Crippen molar-refractivity contribution in [3.63, 3.8) is 0 Å². The Hall–Kier alpha value is -2.59. The second-order valence-corrected chi connectivity index (χ2v) is 7.92. The van der Waals surface area contributed by atoms with E-state index in [0.29, 0.717) is 27.6 Å². The summed E-state index contributed by atoms with van der Waals surface area (Å²) in [5.41, 5.74) is 4.60. The fourth-order valence-corrected chi connectivity index (χ4v) is 3.57. The van der Waals surface area contributed by atoms with Crippen LogP contribution in [0, 0.1) is 6.92 Å². The van der Waals surface area contributed by atoms with Crippen LogP contribution in [0.25, 0.3) is 11.3 Å². The molecule has 3 aromatic rings. The Bertz CT molecular complexity index is 979. The molecule has 0 aliphatic rings. The van der Waals surface area contributed by atoms with E-state index in [4.69, 9.17) is 16.1 Å². The fourth-order valence-electron chi connectivity index (χ4n) is 3.35. The molecule has 0 unspecified atom stereocenters. The number of hydrogen-bond acceptors (Lipinski definition) is 3. The third-order valence-electron chi connectivity index (χ3n) is 4.83. The summed E-state index contributed by atoms with van der Waals surface area (Å²) in [7, 11) is 0. The van der Waals surface area contributed by atoms with Crippen LogP contribution in [0.15, 0.2) is 47.0 Å². The minimum Gasteiger partial charge on any atom is -0.360 e. The van der Waals surface area contributed by atoms with Gasteiger partial charge in [-0.1, -0.05) is 80.9 Å².